The summed E-state index contributed by atoms with van der Waals surface area (Å²) >= 11 is 0. The predicted octanol–water partition coefficient (Wildman–Crippen LogP) is 2.69. The van der Waals surface area contributed by atoms with Crippen LogP contribution in [0.2, 0.25) is 0 Å². The van der Waals surface area contributed by atoms with Crippen LogP contribution in [-0.2, 0) is 13.1 Å². The fourth-order valence-electron chi connectivity index (χ4n) is 3.46. The molecule has 2 aromatic carbocycles. The molecule has 0 radical (unpaired) electrons. The molecule has 1 N–H and O–H groups in total. The first-order chi connectivity index (χ1) is 12.6. The molecule has 1 unspecified atom stereocenters. The van der Waals surface area contributed by atoms with Crippen LogP contribution in [0.4, 0.5) is 4.39 Å². The van der Waals surface area contributed by atoms with E-state index in [1.165, 1.54) is 11.0 Å². The van der Waals surface area contributed by atoms with Crippen LogP contribution in [0.3, 0.4) is 0 Å². The Morgan fingerprint density at radius 2 is 1.88 bits per heavy atom. The highest BCUT2D eigenvalue weighted by Gasteiger charge is 2.34. The summed E-state index contributed by atoms with van der Waals surface area (Å²) in [7, 11) is 1.58. The van der Waals surface area contributed by atoms with Crippen molar-refractivity contribution in [3.8, 4) is 5.75 Å². The molecular weight excluding hydrogens is 333 g/mol. The molecule has 5 heteroatoms. The van der Waals surface area contributed by atoms with Gasteiger partial charge in [0.2, 0.25) is 0 Å². The summed E-state index contributed by atoms with van der Waals surface area (Å²) in [5, 5.41) is 0.900. The van der Waals surface area contributed by atoms with E-state index in [9.17, 15) is 9.18 Å². The molecular formula is C21H21FNO3+. The summed E-state index contributed by atoms with van der Waals surface area (Å²) in [4.78, 5) is 13.3. The van der Waals surface area contributed by atoms with Crippen LogP contribution in [-0.4, -0.2) is 13.2 Å². The highest BCUT2D eigenvalue weighted by molar-refractivity contribution is 5.81. The first-order valence-corrected chi connectivity index (χ1v) is 8.83. The van der Waals surface area contributed by atoms with Gasteiger partial charge in [0.1, 0.15) is 30.2 Å². The second-order valence-corrected chi connectivity index (χ2v) is 6.83. The molecule has 4 nitrogen and oxygen atoms in total. The van der Waals surface area contributed by atoms with Crippen LogP contribution in [0.5, 0.6) is 5.75 Å². The van der Waals surface area contributed by atoms with Crippen LogP contribution in [0.15, 0.2) is 57.7 Å². The molecule has 0 bridgehead atoms. The molecule has 4 rings (SSSR count). The molecule has 26 heavy (non-hydrogen) atoms. The van der Waals surface area contributed by atoms with Crippen molar-refractivity contribution in [2.75, 3.05) is 7.11 Å². The van der Waals surface area contributed by atoms with Crippen LogP contribution >= 0.6 is 0 Å². The molecule has 1 fully saturated rings. The van der Waals surface area contributed by atoms with E-state index >= 15 is 0 Å². The molecule has 0 saturated heterocycles. The average Bonchev–Trinajstić information content (AvgIpc) is 3.47. The van der Waals surface area contributed by atoms with Crippen molar-refractivity contribution in [2.45, 2.75) is 32.0 Å². The van der Waals surface area contributed by atoms with Crippen molar-refractivity contribution in [1.29, 1.82) is 0 Å². The number of ether oxygens (including phenoxy) is 1. The molecule has 134 valence electrons. The third-order valence-electron chi connectivity index (χ3n) is 4.98. The van der Waals surface area contributed by atoms with Gasteiger partial charge in [0, 0.05) is 41.5 Å². The van der Waals surface area contributed by atoms with Gasteiger partial charge in [-0.25, -0.2) is 9.18 Å². The zero-order chi connectivity index (χ0) is 18.1. The summed E-state index contributed by atoms with van der Waals surface area (Å²) in [6, 6.07) is 14.5. The van der Waals surface area contributed by atoms with E-state index in [-0.39, 0.29) is 11.4 Å². The predicted molar refractivity (Wildman–Crippen MR) is 96.8 cm³/mol. The molecule has 1 heterocycles. The first-order valence-electron chi connectivity index (χ1n) is 8.83. The molecule has 0 amide bonds. The lowest BCUT2D eigenvalue weighted by molar-refractivity contribution is -0.938. The summed E-state index contributed by atoms with van der Waals surface area (Å²) in [5.41, 5.74) is 1.79. The van der Waals surface area contributed by atoms with Gasteiger partial charge in [-0.2, -0.15) is 0 Å². The summed E-state index contributed by atoms with van der Waals surface area (Å²) in [6.45, 7) is 1.27. The summed E-state index contributed by atoms with van der Waals surface area (Å²) in [6.07, 6.45) is 2.27. The topological polar surface area (TPSA) is 43.9 Å². The highest BCUT2D eigenvalue weighted by atomic mass is 19.1. The molecule has 1 atom stereocenters. The molecule has 3 aromatic rings. The van der Waals surface area contributed by atoms with Gasteiger partial charge in [-0.3, -0.25) is 0 Å². The average molecular weight is 354 g/mol. The standard InChI is InChI=1S/C21H20FNO3/c1-25-17-8-9-18-15(10-21(24)26-20(18)11-17)13-23(16-6-7-16)12-14-4-2-3-5-19(14)22/h2-5,8-11,16H,6-7,12-13H2,1H3/p+1. The number of hydrogen-bond donors (Lipinski definition) is 1. The fraction of sp³-hybridized carbons (Fsp3) is 0.286. The molecule has 1 aromatic heterocycles. The van der Waals surface area contributed by atoms with Gasteiger partial charge in [-0.15, -0.1) is 0 Å². The van der Waals surface area contributed by atoms with Crippen molar-refractivity contribution in [2.24, 2.45) is 0 Å². The SMILES string of the molecule is COc1ccc2c(C[NH+](Cc3ccccc3F)C3CC3)cc(=O)oc2c1. The number of hydrogen-bond acceptors (Lipinski definition) is 3. The Bertz CT molecular complexity index is 994. The van der Waals surface area contributed by atoms with E-state index in [0.717, 1.165) is 23.8 Å². The normalized spacial score (nSPS) is 15.2. The van der Waals surface area contributed by atoms with Gasteiger partial charge in [0.15, 0.2) is 0 Å². The largest absolute Gasteiger partial charge is 0.497 e. The minimum absolute atomic E-state index is 0.173. The van der Waals surface area contributed by atoms with Crippen LogP contribution < -0.4 is 15.3 Å². The lowest BCUT2D eigenvalue weighted by Crippen LogP contribution is -3.10. The van der Waals surface area contributed by atoms with Crippen molar-refractivity contribution in [3.63, 3.8) is 0 Å². The Morgan fingerprint density at radius 1 is 1.12 bits per heavy atom. The molecule has 0 aliphatic heterocycles. The Kier molecular flexibility index (Phi) is 4.47. The molecule has 0 spiro atoms. The number of nitrogens with one attached hydrogen (secondary N) is 1. The van der Waals surface area contributed by atoms with Gasteiger partial charge in [-0.1, -0.05) is 18.2 Å². The maximum atomic E-state index is 14.1. The van der Waals surface area contributed by atoms with E-state index in [1.54, 1.807) is 25.3 Å². The van der Waals surface area contributed by atoms with Crippen molar-refractivity contribution < 1.29 is 18.4 Å². The Hall–Kier alpha value is -2.66. The monoisotopic (exact) mass is 354 g/mol. The number of benzene rings is 2. The zero-order valence-corrected chi connectivity index (χ0v) is 14.6. The quantitative estimate of drug-likeness (QED) is 0.692. The molecule has 1 saturated carbocycles. The number of rotatable bonds is 6. The van der Waals surface area contributed by atoms with Gasteiger partial charge >= 0.3 is 5.63 Å². The minimum atomic E-state index is -0.373. The molecule has 1 aliphatic rings. The van der Waals surface area contributed by atoms with Gasteiger partial charge < -0.3 is 14.1 Å². The Balaban J connectivity index is 1.68. The molecule has 1 aliphatic carbocycles. The van der Waals surface area contributed by atoms with E-state index in [2.05, 4.69) is 0 Å². The van der Waals surface area contributed by atoms with E-state index in [0.29, 0.717) is 36.0 Å². The summed E-state index contributed by atoms with van der Waals surface area (Å²) in [5.74, 6) is 0.475. The highest BCUT2D eigenvalue weighted by Crippen LogP contribution is 2.23. The van der Waals surface area contributed by atoms with E-state index in [4.69, 9.17) is 9.15 Å². The third-order valence-corrected chi connectivity index (χ3v) is 4.98. The van der Waals surface area contributed by atoms with E-state index in [1.807, 2.05) is 24.3 Å². The maximum Gasteiger partial charge on any atom is 0.336 e. The van der Waals surface area contributed by atoms with Gasteiger partial charge in [0.25, 0.3) is 0 Å². The Morgan fingerprint density at radius 3 is 2.62 bits per heavy atom. The van der Waals surface area contributed by atoms with Crippen LogP contribution in [0.25, 0.3) is 11.0 Å². The van der Waals surface area contributed by atoms with Gasteiger partial charge in [0.05, 0.1) is 13.2 Å². The summed E-state index contributed by atoms with van der Waals surface area (Å²) < 4.78 is 24.6. The van der Waals surface area contributed by atoms with E-state index < -0.39 is 0 Å². The first kappa shape index (κ1) is 16.8. The zero-order valence-electron chi connectivity index (χ0n) is 14.6. The van der Waals surface area contributed by atoms with Gasteiger partial charge in [-0.05, 0) is 18.2 Å². The van der Waals surface area contributed by atoms with Crippen molar-refractivity contribution in [1.82, 2.24) is 0 Å². The second-order valence-electron chi connectivity index (χ2n) is 6.83. The number of fused-ring (bicyclic) bond motifs is 1. The number of methoxy groups -OCH3 is 1. The van der Waals surface area contributed by atoms with Crippen molar-refractivity contribution in [3.05, 3.63) is 75.9 Å². The second kappa shape index (κ2) is 6.92. The van der Waals surface area contributed by atoms with Crippen LogP contribution in [0.1, 0.15) is 24.0 Å². The van der Waals surface area contributed by atoms with Crippen LogP contribution in [0, 0.1) is 5.82 Å². The maximum absolute atomic E-state index is 14.1. The van der Waals surface area contributed by atoms with Crippen molar-refractivity contribution >= 4 is 11.0 Å². The smallest absolute Gasteiger partial charge is 0.336 e. The lowest BCUT2D eigenvalue weighted by Gasteiger charge is -2.20. The number of quaternary nitrogens is 1. The third kappa shape index (κ3) is 3.48. The lowest BCUT2D eigenvalue weighted by atomic mass is 10.1. The Labute approximate surface area is 150 Å². The minimum Gasteiger partial charge on any atom is -0.497 e. The fourth-order valence-corrected chi connectivity index (χ4v) is 3.46. The number of halogens is 1.